The van der Waals surface area contributed by atoms with Crippen molar-refractivity contribution < 1.29 is 4.74 Å². The second-order valence-corrected chi connectivity index (χ2v) is 10.1. The molecule has 2 heteroatoms. The van der Waals surface area contributed by atoms with E-state index in [1.807, 2.05) is 0 Å². The van der Waals surface area contributed by atoms with Crippen molar-refractivity contribution in [3.63, 3.8) is 0 Å². The molecular formula is C8H13IO. The Kier molecular flexibility index (Phi) is 1.31. The van der Waals surface area contributed by atoms with Gasteiger partial charge in [0.15, 0.2) is 0 Å². The first-order valence-corrected chi connectivity index (χ1v) is 8.49. The van der Waals surface area contributed by atoms with Crippen LogP contribution in [0.5, 0.6) is 0 Å². The Labute approximate surface area is 68.9 Å². The summed E-state index contributed by atoms with van der Waals surface area (Å²) in [5.74, 6) is 0. The van der Waals surface area contributed by atoms with Gasteiger partial charge in [-0.15, -0.1) is 0 Å². The van der Waals surface area contributed by atoms with E-state index in [9.17, 15) is 0 Å². The maximum atomic E-state index is 5.73. The molecule has 1 nitrogen and oxygen atoms in total. The first-order valence-electron chi connectivity index (χ1n) is 4.19. The maximum absolute atomic E-state index is 5.73. The first kappa shape index (κ1) is 6.23. The van der Waals surface area contributed by atoms with Gasteiger partial charge < -0.3 is 0 Å². The summed E-state index contributed by atoms with van der Waals surface area (Å²) < 4.78 is 10.2. The molecule has 58 valence electrons. The zero-order valence-corrected chi connectivity index (χ0v) is 8.21. The monoisotopic (exact) mass is 252 g/mol. The number of rotatable bonds is 1. The van der Waals surface area contributed by atoms with Crippen LogP contribution in [-0.4, -0.2) is 25.0 Å². The molecular weight excluding hydrogens is 239 g/mol. The van der Waals surface area contributed by atoms with Gasteiger partial charge in [-0.05, 0) is 0 Å². The fourth-order valence-corrected chi connectivity index (χ4v) is 8.37. The van der Waals surface area contributed by atoms with E-state index in [1.165, 1.54) is 12.8 Å². The zero-order valence-electron chi connectivity index (χ0n) is 6.05. The molecule has 0 aromatic heterocycles. The van der Waals surface area contributed by atoms with E-state index >= 15 is 0 Å². The third-order valence-corrected chi connectivity index (χ3v) is 8.85. The third-order valence-electron chi connectivity index (χ3n) is 2.83. The fraction of sp³-hybridized carbons (Fsp3) is 1.00. The van der Waals surface area contributed by atoms with E-state index in [2.05, 4.69) is 0 Å². The molecule has 1 saturated carbocycles. The predicted octanol–water partition coefficient (Wildman–Crippen LogP) is 1.83. The summed E-state index contributed by atoms with van der Waals surface area (Å²) in [6.45, 7) is 0. The van der Waals surface area contributed by atoms with Gasteiger partial charge in [-0.25, -0.2) is 0 Å². The second kappa shape index (κ2) is 2.09. The molecule has 1 aliphatic carbocycles. The molecule has 3 saturated heterocycles. The Hall–Kier alpha value is 0.690. The third kappa shape index (κ3) is 0.843. The van der Waals surface area contributed by atoms with Gasteiger partial charge in [0.25, 0.3) is 0 Å². The minimum absolute atomic E-state index is 0.303. The molecule has 2 bridgehead atoms. The van der Waals surface area contributed by atoms with Crippen molar-refractivity contribution >= 4 is 19.8 Å². The van der Waals surface area contributed by atoms with Crippen molar-refractivity contribution in [2.75, 3.05) is 8.86 Å². The van der Waals surface area contributed by atoms with Gasteiger partial charge in [0.2, 0.25) is 0 Å². The summed E-state index contributed by atoms with van der Waals surface area (Å²) in [4.78, 5) is 0. The standard InChI is InChI=1S/C8H13IO/c1-2-7(9-3-4-9)8-5-6(1)10-8/h6-8H,1-5H2. The summed E-state index contributed by atoms with van der Waals surface area (Å²) in [6.07, 6.45) is 5.84. The van der Waals surface area contributed by atoms with Crippen LogP contribution in [0.1, 0.15) is 19.3 Å². The van der Waals surface area contributed by atoms with Gasteiger partial charge in [0.05, 0.1) is 0 Å². The number of fused-ring (bicyclic) bond motifs is 2. The summed E-state index contributed by atoms with van der Waals surface area (Å²) >= 11 is -0.303. The number of ether oxygens (including phenoxy) is 1. The van der Waals surface area contributed by atoms with Crippen LogP contribution in [0, 0.1) is 0 Å². The summed E-state index contributed by atoms with van der Waals surface area (Å²) in [7, 11) is 0. The molecule has 0 spiro atoms. The normalized spacial score (nSPS) is 54.0. The molecule has 3 atom stereocenters. The summed E-state index contributed by atoms with van der Waals surface area (Å²) in [5, 5.41) is 0. The number of halogens is 1. The van der Waals surface area contributed by atoms with Crippen LogP contribution in [0.3, 0.4) is 0 Å². The molecule has 4 rings (SSSR count). The van der Waals surface area contributed by atoms with Gasteiger partial charge >= 0.3 is 68.8 Å². The van der Waals surface area contributed by atoms with E-state index in [-0.39, 0.29) is 19.8 Å². The molecule has 0 radical (unpaired) electrons. The van der Waals surface area contributed by atoms with Gasteiger partial charge in [0, 0.05) is 0 Å². The van der Waals surface area contributed by atoms with Crippen LogP contribution in [0.15, 0.2) is 0 Å². The average Bonchev–Trinajstić information content (AvgIpc) is 2.66. The van der Waals surface area contributed by atoms with Crippen molar-refractivity contribution in [3.05, 3.63) is 0 Å². The molecule has 0 aromatic rings. The SMILES string of the molecule is C1CC(I2CC2)C2CC1O2. The topological polar surface area (TPSA) is 9.23 Å². The van der Waals surface area contributed by atoms with Crippen LogP contribution in [0.25, 0.3) is 0 Å². The van der Waals surface area contributed by atoms with Crippen LogP contribution >= 0.6 is 19.8 Å². The van der Waals surface area contributed by atoms with Crippen molar-refractivity contribution in [1.82, 2.24) is 0 Å². The molecule has 0 N–H and O–H groups in total. The first-order chi connectivity index (χ1) is 4.93. The number of hydrogen-bond acceptors (Lipinski definition) is 1. The Morgan fingerprint density at radius 2 is 2.00 bits per heavy atom. The van der Waals surface area contributed by atoms with Gasteiger partial charge in [-0.1, -0.05) is 0 Å². The minimum atomic E-state index is -0.303. The van der Waals surface area contributed by atoms with Crippen molar-refractivity contribution in [1.29, 1.82) is 0 Å². The molecule has 3 heterocycles. The van der Waals surface area contributed by atoms with Crippen LogP contribution < -0.4 is 0 Å². The van der Waals surface area contributed by atoms with Gasteiger partial charge in [0.1, 0.15) is 0 Å². The molecule has 3 unspecified atom stereocenters. The second-order valence-electron chi connectivity index (χ2n) is 3.50. The summed E-state index contributed by atoms with van der Waals surface area (Å²) in [5.41, 5.74) is 0. The Bertz CT molecular complexity index is 147. The van der Waals surface area contributed by atoms with Gasteiger partial charge in [-0.3, -0.25) is 0 Å². The molecule has 3 aliphatic heterocycles. The molecule has 0 aromatic carbocycles. The average molecular weight is 252 g/mol. The molecule has 10 heavy (non-hydrogen) atoms. The Morgan fingerprint density at radius 1 is 1.20 bits per heavy atom. The van der Waals surface area contributed by atoms with E-state index in [0.717, 1.165) is 10.0 Å². The van der Waals surface area contributed by atoms with Gasteiger partial charge in [-0.2, -0.15) is 0 Å². The fourth-order valence-electron chi connectivity index (χ4n) is 2.12. The van der Waals surface area contributed by atoms with Crippen molar-refractivity contribution in [2.24, 2.45) is 0 Å². The van der Waals surface area contributed by atoms with Crippen molar-refractivity contribution in [2.45, 2.75) is 35.4 Å². The molecule has 4 fully saturated rings. The van der Waals surface area contributed by atoms with E-state index in [0.29, 0.717) is 6.10 Å². The quantitative estimate of drug-likeness (QED) is 0.511. The van der Waals surface area contributed by atoms with E-state index < -0.39 is 0 Å². The molecule has 0 amide bonds. The number of alkyl halides is 3. The summed E-state index contributed by atoms with van der Waals surface area (Å²) in [6, 6.07) is 0. The Morgan fingerprint density at radius 3 is 2.50 bits per heavy atom. The number of hydrogen-bond donors (Lipinski definition) is 0. The van der Waals surface area contributed by atoms with Crippen LogP contribution in [0.2, 0.25) is 0 Å². The Balaban J connectivity index is 1.72. The molecule has 4 aliphatic rings. The van der Waals surface area contributed by atoms with E-state index in [1.54, 1.807) is 15.3 Å². The zero-order chi connectivity index (χ0) is 6.55. The van der Waals surface area contributed by atoms with Crippen LogP contribution in [-0.2, 0) is 4.74 Å². The predicted molar refractivity (Wildman–Crippen MR) is 50.1 cm³/mol. The van der Waals surface area contributed by atoms with Crippen molar-refractivity contribution in [3.8, 4) is 0 Å². The van der Waals surface area contributed by atoms with Crippen LogP contribution in [0.4, 0.5) is 0 Å². The van der Waals surface area contributed by atoms with E-state index in [4.69, 9.17) is 4.74 Å².